The molecule has 0 fully saturated rings. The predicted molar refractivity (Wildman–Crippen MR) is 215 cm³/mol. The minimum absolute atomic E-state index is 0. The summed E-state index contributed by atoms with van der Waals surface area (Å²) in [7, 11) is 2.06. The van der Waals surface area contributed by atoms with Crippen LogP contribution in [-0.4, -0.2) is 9.97 Å². The zero-order valence-electron chi connectivity index (χ0n) is 30.2. The summed E-state index contributed by atoms with van der Waals surface area (Å²) in [5, 5.41) is 0. The van der Waals surface area contributed by atoms with E-state index in [1.165, 1.54) is 27.8 Å². The number of para-hydroxylation sites is 4. The molecule has 0 radical (unpaired) electrons. The van der Waals surface area contributed by atoms with Gasteiger partial charge in [-0.2, -0.15) is 9.13 Å². The molecular weight excluding hydrogens is 609 g/mol. The Morgan fingerprint density at radius 3 is 1.66 bits per heavy atom. The molecule has 0 bridgehead atoms. The molecule has 0 spiro atoms. The van der Waals surface area contributed by atoms with E-state index in [1.54, 1.807) is 0 Å². The molecule has 2 aromatic heterocycles. The van der Waals surface area contributed by atoms with Crippen molar-refractivity contribution in [1.29, 1.82) is 0 Å². The Balaban J connectivity index is 0.000000242. The lowest BCUT2D eigenvalue weighted by Gasteiger charge is -2.19. The molecule has 0 N–H and O–H groups in total. The van der Waals surface area contributed by atoms with Crippen molar-refractivity contribution in [2.45, 2.75) is 60.9 Å². The first kappa shape index (κ1) is 39.0. The van der Waals surface area contributed by atoms with Crippen LogP contribution in [0.25, 0.3) is 55.7 Å². The molecule has 0 atom stereocenters. The summed E-state index contributed by atoms with van der Waals surface area (Å²) in [6.07, 6.45) is 4.25. The minimum atomic E-state index is 0. The first-order valence-electron chi connectivity index (χ1n) is 17.1. The van der Waals surface area contributed by atoms with Gasteiger partial charge in [0, 0.05) is 23.3 Å². The van der Waals surface area contributed by atoms with Gasteiger partial charge in [-0.25, -0.2) is 9.97 Å². The molecule has 256 valence electrons. The van der Waals surface area contributed by atoms with E-state index in [2.05, 4.69) is 173 Å². The summed E-state index contributed by atoms with van der Waals surface area (Å²) in [6.45, 7) is 19.8. The number of aryl methyl sites for hydroxylation is 2. The highest BCUT2D eigenvalue weighted by atomic mass is 15.0. The van der Waals surface area contributed by atoms with Gasteiger partial charge in [0.25, 0.3) is 0 Å². The van der Waals surface area contributed by atoms with Gasteiger partial charge in [-0.05, 0) is 53.3 Å². The lowest BCUT2D eigenvalue weighted by Crippen LogP contribution is -2.33. The first-order chi connectivity index (χ1) is 23.8. The number of benzene rings is 5. The Bertz CT molecular complexity index is 2110. The predicted octanol–water partition coefficient (Wildman–Crippen LogP) is 11.4. The third-order valence-corrected chi connectivity index (χ3v) is 8.16. The third kappa shape index (κ3) is 9.35. The molecule has 4 nitrogen and oxygen atoms in total. The average Bonchev–Trinajstić information content (AvgIpc) is 3.16. The smallest absolute Gasteiger partial charge is 0.231 e. The fraction of sp³-hybridized carbons (Fsp3) is 0.217. The van der Waals surface area contributed by atoms with Crippen molar-refractivity contribution >= 4 is 22.1 Å². The van der Waals surface area contributed by atoms with E-state index in [9.17, 15) is 0 Å². The Hall–Kier alpha value is -5.48. The van der Waals surface area contributed by atoms with Gasteiger partial charge in [0.15, 0.2) is 12.4 Å². The van der Waals surface area contributed by atoms with Gasteiger partial charge in [-0.1, -0.05) is 133 Å². The second-order valence-corrected chi connectivity index (χ2v) is 12.4. The Labute approximate surface area is 300 Å². The highest BCUT2D eigenvalue weighted by Gasteiger charge is 2.17. The second kappa shape index (κ2) is 18.3. The molecule has 0 aliphatic rings. The van der Waals surface area contributed by atoms with Crippen molar-refractivity contribution < 1.29 is 9.13 Å². The lowest BCUT2D eigenvalue weighted by molar-refractivity contribution is -0.667. The summed E-state index contributed by atoms with van der Waals surface area (Å²) in [5.74, 6) is 0. The van der Waals surface area contributed by atoms with Crippen LogP contribution >= 0.6 is 0 Å². The SMILES string of the molecule is C.C=C.CC.CC[n+]1cc(-c2cccc(C(C)(C)C)c2)nc2ccccc21.C[n+]1cc(-c2cccc(-c3ccccc3)c2)nc2ccccc21. The van der Waals surface area contributed by atoms with Crippen molar-refractivity contribution in [2.75, 3.05) is 0 Å². The standard InChI is InChI=1S/C21H17N2.C20H23N2.C2H6.C2H4.CH4/c1-23-15-20(22-19-12-5-6-13-21(19)23)18-11-7-10-17(14-18)16-8-3-2-4-9-16;1-5-22-14-18(21-17-11-6-7-12-19(17)22)15-9-8-10-16(13-15)20(2,3)4;2*1-2;/h2-15H,1H3;6-14H,5H2,1-4H3;1-2H3;1-2H2;1H4/q2*+1;;;. The monoisotopic (exact) mass is 662 g/mol. The van der Waals surface area contributed by atoms with E-state index in [1.807, 2.05) is 38.1 Å². The molecule has 7 rings (SSSR count). The van der Waals surface area contributed by atoms with Crippen LogP contribution in [-0.2, 0) is 19.0 Å². The second-order valence-electron chi connectivity index (χ2n) is 12.4. The fourth-order valence-corrected chi connectivity index (χ4v) is 5.62. The molecule has 0 unspecified atom stereocenters. The van der Waals surface area contributed by atoms with E-state index in [4.69, 9.17) is 9.97 Å². The molecule has 5 aromatic carbocycles. The topological polar surface area (TPSA) is 33.5 Å². The number of hydrogen-bond acceptors (Lipinski definition) is 2. The largest absolute Gasteiger partial charge is 0.235 e. The Morgan fingerprint density at radius 2 is 1.04 bits per heavy atom. The van der Waals surface area contributed by atoms with Crippen LogP contribution in [0.1, 0.15) is 54.5 Å². The first-order valence-corrected chi connectivity index (χ1v) is 17.1. The van der Waals surface area contributed by atoms with Crippen molar-refractivity contribution in [1.82, 2.24) is 9.97 Å². The normalized spacial score (nSPS) is 10.4. The van der Waals surface area contributed by atoms with Crippen LogP contribution in [0, 0.1) is 0 Å². The van der Waals surface area contributed by atoms with E-state index in [0.29, 0.717) is 0 Å². The maximum Gasteiger partial charge on any atom is 0.231 e. The zero-order valence-corrected chi connectivity index (χ0v) is 30.2. The molecule has 0 aliphatic carbocycles. The summed E-state index contributed by atoms with van der Waals surface area (Å²) < 4.78 is 4.40. The van der Waals surface area contributed by atoms with Gasteiger partial charge >= 0.3 is 0 Å². The van der Waals surface area contributed by atoms with Crippen molar-refractivity contribution in [3.8, 4) is 33.6 Å². The maximum atomic E-state index is 4.86. The fourth-order valence-electron chi connectivity index (χ4n) is 5.62. The molecule has 4 heteroatoms. The summed E-state index contributed by atoms with van der Waals surface area (Å²) in [4.78, 5) is 9.68. The minimum Gasteiger partial charge on any atom is -0.235 e. The lowest BCUT2D eigenvalue weighted by atomic mass is 9.86. The average molecular weight is 663 g/mol. The van der Waals surface area contributed by atoms with Crippen LogP contribution in [0.4, 0.5) is 0 Å². The number of rotatable bonds is 4. The molecule has 50 heavy (non-hydrogen) atoms. The number of nitrogens with zero attached hydrogens (tertiary/aromatic N) is 4. The van der Waals surface area contributed by atoms with Crippen LogP contribution in [0.15, 0.2) is 153 Å². The van der Waals surface area contributed by atoms with Gasteiger partial charge < -0.3 is 0 Å². The van der Waals surface area contributed by atoms with Crippen LogP contribution < -0.4 is 9.13 Å². The Kier molecular flexibility index (Phi) is 14.3. The number of aromatic nitrogens is 4. The summed E-state index contributed by atoms with van der Waals surface area (Å²) in [6, 6.07) is 44.2. The van der Waals surface area contributed by atoms with E-state index in [-0.39, 0.29) is 12.8 Å². The van der Waals surface area contributed by atoms with Gasteiger partial charge in [-0.15, -0.1) is 13.2 Å². The van der Waals surface area contributed by atoms with Gasteiger partial charge in [0.1, 0.15) is 36.0 Å². The number of hydrogen-bond donors (Lipinski definition) is 0. The maximum absolute atomic E-state index is 4.86. The molecule has 0 saturated heterocycles. The zero-order chi connectivity index (χ0) is 35.4. The third-order valence-electron chi connectivity index (χ3n) is 8.16. The molecule has 0 saturated carbocycles. The quantitative estimate of drug-likeness (QED) is 0.139. The van der Waals surface area contributed by atoms with Crippen LogP contribution in [0.2, 0.25) is 0 Å². The molecular formula is C46H54N4+2. The van der Waals surface area contributed by atoms with Gasteiger partial charge in [-0.3, -0.25) is 0 Å². The van der Waals surface area contributed by atoms with Crippen molar-refractivity contribution in [2.24, 2.45) is 7.05 Å². The van der Waals surface area contributed by atoms with Gasteiger partial charge in [0.05, 0.1) is 0 Å². The van der Waals surface area contributed by atoms with E-state index >= 15 is 0 Å². The summed E-state index contributed by atoms with van der Waals surface area (Å²) >= 11 is 0. The van der Waals surface area contributed by atoms with Crippen LogP contribution in [0.5, 0.6) is 0 Å². The van der Waals surface area contributed by atoms with Crippen molar-refractivity contribution in [3.05, 3.63) is 159 Å². The van der Waals surface area contributed by atoms with Crippen LogP contribution in [0.3, 0.4) is 0 Å². The highest BCUT2D eigenvalue weighted by molar-refractivity contribution is 5.76. The summed E-state index contributed by atoms with van der Waals surface area (Å²) in [5.41, 5.74) is 12.6. The number of fused-ring (bicyclic) bond motifs is 2. The van der Waals surface area contributed by atoms with Crippen molar-refractivity contribution in [3.63, 3.8) is 0 Å². The van der Waals surface area contributed by atoms with E-state index in [0.717, 1.165) is 40.0 Å². The molecule has 0 aliphatic heterocycles. The Morgan fingerprint density at radius 1 is 0.560 bits per heavy atom. The van der Waals surface area contributed by atoms with E-state index < -0.39 is 0 Å². The highest BCUT2D eigenvalue weighted by Crippen LogP contribution is 2.28. The van der Waals surface area contributed by atoms with Gasteiger partial charge in [0.2, 0.25) is 11.0 Å². The molecule has 2 heterocycles. The molecule has 7 aromatic rings. The molecule has 0 amide bonds.